The maximum absolute atomic E-state index is 11.7. The van der Waals surface area contributed by atoms with Crippen molar-refractivity contribution < 1.29 is 0 Å². The van der Waals surface area contributed by atoms with Gasteiger partial charge in [-0.3, -0.25) is 4.79 Å². The Labute approximate surface area is 89.0 Å². The van der Waals surface area contributed by atoms with E-state index in [1.54, 1.807) is 19.2 Å². The van der Waals surface area contributed by atoms with Crippen LogP contribution < -0.4 is 16.9 Å². The fraction of sp³-hybridized carbons (Fsp3) is 0.364. The molecule has 5 N–H and O–H groups in total. The van der Waals surface area contributed by atoms with Crippen molar-refractivity contribution in [3.05, 3.63) is 33.6 Å². The maximum Gasteiger partial charge on any atom is 0.193 e. The van der Waals surface area contributed by atoms with E-state index in [0.29, 0.717) is 16.9 Å². The Morgan fingerprint density at radius 3 is 2.87 bits per heavy atom. The van der Waals surface area contributed by atoms with Crippen molar-refractivity contribution in [2.45, 2.75) is 26.3 Å². The van der Waals surface area contributed by atoms with Gasteiger partial charge in [0.15, 0.2) is 5.43 Å². The summed E-state index contributed by atoms with van der Waals surface area (Å²) in [6, 6.07) is 0.107. The number of rotatable bonds is 3. The van der Waals surface area contributed by atoms with Crippen LogP contribution in [0.15, 0.2) is 17.1 Å². The van der Waals surface area contributed by atoms with Gasteiger partial charge >= 0.3 is 0 Å². The topological polar surface area (TPSA) is 84.9 Å². The van der Waals surface area contributed by atoms with Crippen molar-refractivity contribution in [3.63, 3.8) is 0 Å². The number of anilines is 1. The third-order valence-corrected chi connectivity index (χ3v) is 2.20. The number of nitrogens with one attached hydrogen (secondary N) is 1. The predicted molar refractivity (Wildman–Crippen MR) is 63.5 cm³/mol. The summed E-state index contributed by atoms with van der Waals surface area (Å²) >= 11 is 0. The molecule has 0 aliphatic carbocycles. The highest BCUT2D eigenvalue weighted by atomic mass is 16.1. The summed E-state index contributed by atoms with van der Waals surface area (Å²) in [5.74, 6) is 0.421. The van der Waals surface area contributed by atoms with Crippen LogP contribution >= 0.6 is 0 Å². The Hall–Kier alpha value is -1.55. The van der Waals surface area contributed by atoms with E-state index in [1.165, 1.54) is 0 Å². The molecule has 0 bridgehead atoms. The molecule has 1 aromatic rings. The van der Waals surface area contributed by atoms with Crippen molar-refractivity contribution in [1.82, 2.24) is 4.98 Å². The molecule has 1 aromatic heterocycles. The Morgan fingerprint density at radius 1 is 1.60 bits per heavy atom. The summed E-state index contributed by atoms with van der Waals surface area (Å²) in [5.41, 5.74) is 12.3. The monoisotopic (exact) mass is 207 g/mol. The van der Waals surface area contributed by atoms with Crippen LogP contribution in [-0.4, -0.2) is 11.0 Å². The average Bonchev–Trinajstić information content (AvgIpc) is 2.18. The fourth-order valence-corrected chi connectivity index (χ4v) is 1.20. The molecule has 0 radical (unpaired) electrons. The molecular weight excluding hydrogens is 190 g/mol. The highest BCUT2D eigenvalue weighted by Gasteiger charge is 2.02. The largest absolute Gasteiger partial charge is 0.385 e. The number of aromatic amines is 1. The van der Waals surface area contributed by atoms with Crippen molar-refractivity contribution in [3.8, 4) is 0 Å². The first kappa shape index (κ1) is 11.5. The normalized spacial score (nSPS) is 13.3. The first-order valence-electron chi connectivity index (χ1n) is 4.92. The van der Waals surface area contributed by atoms with Crippen LogP contribution in [0.4, 0.5) is 5.82 Å². The minimum atomic E-state index is -0.0350. The fourth-order valence-electron chi connectivity index (χ4n) is 1.20. The Balaban J connectivity index is 2.93. The lowest BCUT2D eigenvalue weighted by Crippen LogP contribution is -2.14. The highest BCUT2D eigenvalue weighted by Crippen LogP contribution is 2.04. The van der Waals surface area contributed by atoms with Crippen molar-refractivity contribution >= 4 is 11.9 Å². The van der Waals surface area contributed by atoms with E-state index in [1.807, 2.05) is 13.0 Å². The van der Waals surface area contributed by atoms with Gasteiger partial charge in [-0.1, -0.05) is 12.2 Å². The van der Waals surface area contributed by atoms with Crippen molar-refractivity contribution in [2.75, 3.05) is 5.73 Å². The molecule has 0 spiro atoms. The van der Waals surface area contributed by atoms with Gasteiger partial charge in [0, 0.05) is 23.4 Å². The molecule has 0 amide bonds. The first-order chi connectivity index (χ1) is 7.02. The molecule has 0 saturated carbocycles. The number of aromatic nitrogens is 1. The molecule has 1 atom stereocenters. The van der Waals surface area contributed by atoms with Crippen molar-refractivity contribution in [2.24, 2.45) is 5.73 Å². The van der Waals surface area contributed by atoms with Crippen LogP contribution in [0.2, 0.25) is 0 Å². The maximum atomic E-state index is 11.7. The second-order valence-corrected chi connectivity index (χ2v) is 3.73. The lowest BCUT2D eigenvalue weighted by atomic mass is 10.1. The van der Waals surface area contributed by atoms with Gasteiger partial charge < -0.3 is 16.5 Å². The van der Waals surface area contributed by atoms with Crippen molar-refractivity contribution in [1.29, 1.82) is 0 Å². The Morgan fingerprint density at radius 2 is 2.27 bits per heavy atom. The number of pyridine rings is 1. The molecule has 0 aromatic carbocycles. The number of hydrogen-bond donors (Lipinski definition) is 3. The van der Waals surface area contributed by atoms with Crippen LogP contribution in [0.3, 0.4) is 0 Å². The van der Waals surface area contributed by atoms with Crippen LogP contribution in [0.1, 0.15) is 24.5 Å². The molecule has 4 nitrogen and oxygen atoms in total. The predicted octanol–water partition coefficient (Wildman–Crippen LogP) is 1.02. The Bertz CT molecular complexity index is 418. The summed E-state index contributed by atoms with van der Waals surface area (Å²) in [4.78, 5) is 14.5. The molecule has 1 heterocycles. The number of hydrogen-bond acceptors (Lipinski definition) is 3. The quantitative estimate of drug-likeness (QED) is 0.691. The minimum absolute atomic E-state index is 0.0350. The molecular formula is C11H17N3O. The molecule has 1 rings (SSSR count). The molecule has 82 valence electrons. The number of nitrogens with two attached hydrogens (primary N) is 2. The van der Waals surface area contributed by atoms with E-state index in [-0.39, 0.29) is 11.5 Å². The van der Waals surface area contributed by atoms with Gasteiger partial charge in [0.1, 0.15) is 5.82 Å². The SMILES string of the molecule is Cc1c(N)[nH]cc(/C=C/CC(C)N)c1=O. The third kappa shape index (κ3) is 2.95. The molecule has 0 aliphatic rings. The average molecular weight is 207 g/mol. The Kier molecular flexibility index (Phi) is 3.68. The zero-order chi connectivity index (χ0) is 11.4. The second kappa shape index (κ2) is 4.79. The molecule has 4 heteroatoms. The summed E-state index contributed by atoms with van der Waals surface area (Å²) in [5, 5.41) is 0. The molecule has 0 saturated heterocycles. The van der Waals surface area contributed by atoms with Gasteiger partial charge in [-0.15, -0.1) is 0 Å². The van der Waals surface area contributed by atoms with Gasteiger partial charge in [0.2, 0.25) is 0 Å². The van der Waals surface area contributed by atoms with Gasteiger partial charge in [-0.05, 0) is 20.3 Å². The van der Waals surface area contributed by atoms with Crippen LogP contribution in [0.5, 0.6) is 0 Å². The smallest absolute Gasteiger partial charge is 0.193 e. The van der Waals surface area contributed by atoms with E-state index in [9.17, 15) is 4.79 Å². The summed E-state index contributed by atoms with van der Waals surface area (Å²) < 4.78 is 0. The van der Waals surface area contributed by atoms with Gasteiger partial charge in [-0.25, -0.2) is 0 Å². The van der Waals surface area contributed by atoms with E-state index in [4.69, 9.17) is 11.5 Å². The highest BCUT2D eigenvalue weighted by molar-refractivity contribution is 5.52. The van der Waals surface area contributed by atoms with E-state index >= 15 is 0 Å². The summed E-state index contributed by atoms with van der Waals surface area (Å²) in [6.07, 6.45) is 6.03. The van der Waals surface area contributed by atoms with Crippen LogP contribution in [0.25, 0.3) is 6.08 Å². The number of nitrogen functional groups attached to an aromatic ring is 1. The summed E-state index contributed by atoms with van der Waals surface area (Å²) in [7, 11) is 0. The number of H-pyrrole nitrogens is 1. The van der Waals surface area contributed by atoms with Gasteiger partial charge in [0.05, 0.1) is 0 Å². The zero-order valence-corrected chi connectivity index (χ0v) is 9.08. The van der Waals surface area contributed by atoms with E-state index in [2.05, 4.69) is 4.98 Å². The lowest BCUT2D eigenvalue weighted by molar-refractivity contribution is 0.759. The van der Waals surface area contributed by atoms with Crippen LogP contribution in [-0.2, 0) is 0 Å². The van der Waals surface area contributed by atoms with Crippen LogP contribution in [0, 0.1) is 6.92 Å². The van der Waals surface area contributed by atoms with Gasteiger partial charge in [-0.2, -0.15) is 0 Å². The first-order valence-corrected chi connectivity index (χ1v) is 4.92. The molecule has 0 fully saturated rings. The molecule has 0 aliphatic heterocycles. The molecule has 1 unspecified atom stereocenters. The minimum Gasteiger partial charge on any atom is -0.385 e. The third-order valence-electron chi connectivity index (χ3n) is 2.20. The standard InChI is InChI=1S/C11H17N3O/c1-7(12)4-3-5-9-6-14-11(13)8(2)10(9)15/h3,5-7H,4,12H2,1-2H3,(H3,13,14,15)/b5-3+. The summed E-state index contributed by atoms with van der Waals surface area (Å²) in [6.45, 7) is 3.62. The zero-order valence-electron chi connectivity index (χ0n) is 9.08. The lowest BCUT2D eigenvalue weighted by Gasteiger charge is -2.01. The van der Waals surface area contributed by atoms with Gasteiger partial charge in [0.25, 0.3) is 0 Å². The molecule has 15 heavy (non-hydrogen) atoms. The second-order valence-electron chi connectivity index (χ2n) is 3.73. The van der Waals surface area contributed by atoms with E-state index < -0.39 is 0 Å². The van der Waals surface area contributed by atoms with E-state index in [0.717, 1.165) is 6.42 Å².